The molecule has 0 spiro atoms. The van der Waals surface area contributed by atoms with Crippen molar-refractivity contribution in [3.63, 3.8) is 0 Å². The van der Waals surface area contributed by atoms with Gasteiger partial charge < -0.3 is 4.74 Å². The lowest BCUT2D eigenvalue weighted by Gasteiger charge is -2.27. The predicted octanol–water partition coefficient (Wildman–Crippen LogP) is 3.53. The SMILES string of the molecule is CC(C)[Si](C1=CCCCO1)C(C)C. The molecule has 1 rings (SSSR count). The fourth-order valence-corrected chi connectivity index (χ4v) is 5.11. The van der Waals surface area contributed by atoms with Crippen LogP contribution in [0.3, 0.4) is 0 Å². The Morgan fingerprint density at radius 3 is 2.23 bits per heavy atom. The summed E-state index contributed by atoms with van der Waals surface area (Å²) in [5.41, 5.74) is 1.57. The monoisotopic (exact) mass is 197 g/mol. The van der Waals surface area contributed by atoms with Gasteiger partial charge >= 0.3 is 0 Å². The van der Waals surface area contributed by atoms with Gasteiger partial charge in [0.1, 0.15) is 8.80 Å². The highest BCUT2D eigenvalue weighted by Gasteiger charge is 2.26. The van der Waals surface area contributed by atoms with Crippen molar-refractivity contribution in [3.8, 4) is 0 Å². The average molecular weight is 197 g/mol. The van der Waals surface area contributed by atoms with Gasteiger partial charge in [0.2, 0.25) is 0 Å². The van der Waals surface area contributed by atoms with Gasteiger partial charge in [0.25, 0.3) is 0 Å². The predicted molar refractivity (Wildman–Crippen MR) is 59.2 cm³/mol. The summed E-state index contributed by atoms with van der Waals surface area (Å²) in [5, 5.41) is 1.35. The minimum atomic E-state index is -0.440. The highest BCUT2D eigenvalue weighted by atomic mass is 28.3. The first kappa shape index (κ1) is 10.8. The van der Waals surface area contributed by atoms with Crippen LogP contribution in [-0.4, -0.2) is 15.4 Å². The minimum Gasteiger partial charge on any atom is -0.504 e. The zero-order chi connectivity index (χ0) is 9.84. The molecular formula is C11H21OSi. The Labute approximate surface area is 83.8 Å². The van der Waals surface area contributed by atoms with Gasteiger partial charge in [0, 0.05) is 0 Å². The van der Waals surface area contributed by atoms with Crippen LogP contribution in [0.1, 0.15) is 40.5 Å². The van der Waals surface area contributed by atoms with Crippen molar-refractivity contribution in [3.05, 3.63) is 11.5 Å². The van der Waals surface area contributed by atoms with Gasteiger partial charge in [-0.2, -0.15) is 0 Å². The first-order chi connectivity index (χ1) is 6.13. The second-order valence-corrected chi connectivity index (χ2v) is 8.04. The number of allylic oxidation sites excluding steroid dienone is 1. The maximum atomic E-state index is 5.77. The van der Waals surface area contributed by atoms with E-state index in [1.54, 1.807) is 0 Å². The van der Waals surface area contributed by atoms with Gasteiger partial charge in [-0.15, -0.1) is 0 Å². The van der Waals surface area contributed by atoms with E-state index in [9.17, 15) is 0 Å². The number of rotatable bonds is 3. The van der Waals surface area contributed by atoms with E-state index in [2.05, 4.69) is 33.8 Å². The van der Waals surface area contributed by atoms with E-state index in [1.165, 1.54) is 18.2 Å². The molecule has 0 saturated heterocycles. The molecule has 0 aliphatic carbocycles. The van der Waals surface area contributed by atoms with E-state index in [0.29, 0.717) is 0 Å². The first-order valence-corrected chi connectivity index (χ1v) is 6.98. The van der Waals surface area contributed by atoms with Crippen LogP contribution in [0.15, 0.2) is 11.5 Å². The van der Waals surface area contributed by atoms with Gasteiger partial charge in [-0.1, -0.05) is 33.8 Å². The molecule has 75 valence electrons. The summed E-state index contributed by atoms with van der Waals surface area (Å²) in [6.45, 7) is 10.2. The third-order valence-corrected chi connectivity index (χ3v) is 5.87. The fourth-order valence-electron chi connectivity index (χ4n) is 1.99. The lowest BCUT2D eigenvalue weighted by Crippen LogP contribution is -2.27. The highest BCUT2D eigenvalue weighted by molar-refractivity contribution is 6.68. The molecule has 1 heterocycles. The summed E-state index contributed by atoms with van der Waals surface area (Å²) >= 11 is 0. The van der Waals surface area contributed by atoms with Gasteiger partial charge in [0.15, 0.2) is 0 Å². The van der Waals surface area contributed by atoms with Crippen molar-refractivity contribution in [2.24, 2.45) is 0 Å². The normalized spacial score (nSPS) is 17.9. The van der Waals surface area contributed by atoms with Crippen LogP contribution in [0.2, 0.25) is 11.1 Å². The van der Waals surface area contributed by atoms with E-state index >= 15 is 0 Å². The molecule has 0 atom stereocenters. The van der Waals surface area contributed by atoms with Crippen molar-refractivity contribution < 1.29 is 4.74 Å². The van der Waals surface area contributed by atoms with E-state index in [0.717, 1.165) is 17.7 Å². The lowest BCUT2D eigenvalue weighted by atomic mass is 10.3. The van der Waals surface area contributed by atoms with Crippen molar-refractivity contribution in [1.29, 1.82) is 0 Å². The maximum Gasteiger partial charge on any atom is 0.138 e. The standard InChI is InChI=1S/C11H21OSi/c1-9(2)13(10(3)4)11-7-5-6-8-12-11/h7,9-10H,5-6,8H2,1-4H3. The summed E-state index contributed by atoms with van der Waals surface area (Å²) in [6.07, 6.45) is 4.76. The van der Waals surface area contributed by atoms with Gasteiger partial charge in [-0.3, -0.25) is 0 Å². The number of ether oxygens (including phenoxy) is 1. The number of hydrogen-bond acceptors (Lipinski definition) is 1. The molecule has 0 unspecified atom stereocenters. The van der Waals surface area contributed by atoms with Crippen LogP contribution in [0, 0.1) is 0 Å². The summed E-state index contributed by atoms with van der Waals surface area (Å²) < 4.78 is 5.77. The van der Waals surface area contributed by atoms with Crippen LogP contribution >= 0.6 is 0 Å². The molecule has 0 bridgehead atoms. The number of hydrogen-bond donors (Lipinski definition) is 0. The Morgan fingerprint density at radius 2 is 1.85 bits per heavy atom. The van der Waals surface area contributed by atoms with Crippen molar-refractivity contribution in [2.45, 2.75) is 51.6 Å². The molecule has 2 heteroatoms. The molecule has 13 heavy (non-hydrogen) atoms. The quantitative estimate of drug-likeness (QED) is 0.629. The van der Waals surface area contributed by atoms with E-state index in [4.69, 9.17) is 4.74 Å². The van der Waals surface area contributed by atoms with Crippen molar-refractivity contribution >= 4 is 8.80 Å². The zero-order valence-electron chi connectivity index (χ0n) is 9.26. The molecule has 1 aliphatic heterocycles. The molecule has 0 amide bonds. The van der Waals surface area contributed by atoms with Crippen LogP contribution in [0.4, 0.5) is 0 Å². The van der Waals surface area contributed by atoms with Gasteiger partial charge in [-0.05, 0) is 23.9 Å². The molecular weight excluding hydrogens is 176 g/mol. The molecule has 0 N–H and O–H groups in total. The molecule has 0 aromatic heterocycles. The maximum absolute atomic E-state index is 5.77. The van der Waals surface area contributed by atoms with E-state index in [-0.39, 0.29) is 0 Å². The smallest absolute Gasteiger partial charge is 0.138 e. The summed E-state index contributed by atoms with van der Waals surface area (Å²) in [7, 11) is -0.440. The van der Waals surface area contributed by atoms with Crippen LogP contribution < -0.4 is 0 Å². The van der Waals surface area contributed by atoms with Crippen LogP contribution in [-0.2, 0) is 4.74 Å². The third kappa shape index (κ3) is 2.87. The average Bonchev–Trinajstić information content (AvgIpc) is 2.04. The zero-order valence-corrected chi connectivity index (χ0v) is 10.3. The first-order valence-electron chi connectivity index (χ1n) is 5.33. The molecule has 1 nitrogen and oxygen atoms in total. The Kier molecular flexibility index (Phi) is 4.04. The Balaban J connectivity index is 2.68. The van der Waals surface area contributed by atoms with Crippen molar-refractivity contribution in [2.75, 3.05) is 6.61 Å². The third-order valence-electron chi connectivity index (χ3n) is 2.46. The highest BCUT2D eigenvalue weighted by Crippen LogP contribution is 2.28. The van der Waals surface area contributed by atoms with Gasteiger partial charge in [-0.25, -0.2) is 0 Å². The molecule has 0 fully saturated rings. The summed E-state index contributed by atoms with van der Waals surface area (Å²) in [5.74, 6) is 0. The molecule has 0 aromatic rings. The largest absolute Gasteiger partial charge is 0.504 e. The Morgan fingerprint density at radius 1 is 1.23 bits per heavy atom. The Bertz CT molecular complexity index is 177. The topological polar surface area (TPSA) is 9.23 Å². The van der Waals surface area contributed by atoms with Crippen LogP contribution in [0.5, 0.6) is 0 Å². The summed E-state index contributed by atoms with van der Waals surface area (Å²) in [4.78, 5) is 0. The summed E-state index contributed by atoms with van der Waals surface area (Å²) in [6, 6.07) is 0. The molecule has 1 aliphatic rings. The van der Waals surface area contributed by atoms with Crippen LogP contribution in [0.25, 0.3) is 0 Å². The van der Waals surface area contributed by atoms with Crippen molar-refractivity contribution in [1.82, 2.24) is 0 Å². The van der Waals surface area contributed by atoms with E-state index < -0.39 is 8.80 Å². The molecule has 0 saturated carbocycles. The minimum absolute atomic E-state index is 0.440. The molecule has 0 aromatic carbocycles. The Hall–Kier alpha value is -0.243. The fraction of sp³-hybridized carbons (Fsp3) is 0.818. The second-order valence-electron chi connectivity index (χ2n) is 4.32. The van der Waals surface area contributed by atoms with E-state index in [1.807, 2.05) is 0 Å². The lowest BCUT2D eigenvalue weighted by molar-refractivity contribution is 0.213. The second kappa shape index (κ2) is 4.84. The molecule has 1 radical (unpaired) electrons. The van der Waals surface area contributed by atoms with Gasteiger partial charge in [0.05, 0.1) is 12.0 Å².